The molecule has 1 aliphatic carbocycles. The molecule has 18 heavy (non-hydrogen) atoms. The highest BCUT2D eigenvalue weighted by Crippen LogP contribution is 2.36. The average molecular weight is 239 g/mol. The highest BCUT2D eigenvalue weighted by molar-refractivity contribution is 5.38. The standard InChI is InChI=1S/C17H21N/c1-16(2,3)12-14-6-8-15(9-7-14)17(13-18)10-4-5-11-17/h4-9H,10-12H2,1-3H3. The smallest absolute Gasteiger partial charge is 0.0890 e. The van der Waals surface area contributed by atoms with Crippen LogP contribution in [0, 0.1) is 16.7 Å². The summed E-state index contributed by atoms with van der Waals surface area (Å²) in [7, 11) is 0. The van der Waals surface area contributed by atoms with Gasteiger partial charge < -0.3 is 0 Å². The van der Waals surface area contributed by atoms with Crippen LogP contribution in [-0.2, 0) is 11.8 Å². The van der Waals surface area contributed by atoms with Gasteiger partial charge in [-0.25, -0.2) is 0 Å². The Hall–Kier alpha value is -1.55. The Labute approximate surface area is 110 Å². The lowest BCUT2D eigenvalue weighted by atomic mass is 9.79. The fourth-order valence-electron chi connectivity index (χ4n) is 2.60. The van der Waals surface area contributed by atoms with Gasteiger partial charge in [0.15, 0.2) is 0 Å². The first-order valence-electron chi connectivity index (χ1n) is 6.61. The summed E-state index contributed by atoms with van der Waals surface area (Å²) in [6.07, 6.45) is 7.01. The van der Waals surface area contributed by atoms with Gasteiger partial charge in [0.05, 0.1) is 11.5 Å². The molecule has 1 aromatic carbocycles. The van der Waals surface area contributed by atoms with Gasteiger partial charge in [-0.05, 0) is 35.8 Å². The summed E-state index contributed by atoms with van der Waals surface area (Å²) < 4.78 is 0. The van der Waals surface area contributed by atoms with Gasteiger partial charge >= 0.3 is 0 Å². The molecule has 1 heteroatoms. The molecular weight excluding hydrogens is 218 g/mol. The molecule has 0 saturated heterocycles. The molecule has 0 spiro atoms. The highest BCUT2D eigenvalue weighted by Gasteiger charge is 2.32. The molecule has 1 aromatic rings. The van der Waals surface area contributed by atoms with Crippen LogP contribution in [0.15, 0.2) is 36.4 Å². The Balaban J connectivity index is 2.20. The Morgan fingerprint density at radius 2 is 1.67 bits per heavy atom. The molecule has 2 rings (SSSR count). The number of hydrogen-bond donors (Lipinski definition) is 0. The summed E-state index contributed by atoms with van der Waals surface area (Å²) in [5.41, 5.74) is 2.52. The molecular formula is C17H21N. The van der Waals surface area contributed by atoms with Crippen molar-refractivity contribution in [1.29, 1.82) is 5.26 Å². The Morgan fingerprint density at radius 1 is 1.11 bits per heavy atom. The molecule has 1 aliphatic rings. The maximum atomic E-state index is 9.44. The second kappa shape index (κ2) is 4.61. The maximum Gasteiger partial charge on any atom is 0.0890 e. The average Bonchev–Trinajstić information content (AvgIpc) is 2.77. The predicted molar refractivity (Wildman–Crippen MR) is 75.3 cm³/mol. The van der Waals surface area contributed by atoms with Gasteiger partial charge in [0.25, 0.3) is 0 Å². The minimum atomic E-state index is -0.305. The molecule has 0 amide bonds. The van der Waals surface area contributed by atoms with Crippen LogP contribution in [0.25, 0.3) is 0 Å². The predicted octanol–water partition coefficient (Wildman–Crippen LogP) is 4.39. The second-order valence-electron chi connectivity index (χ2n) is 6.51. The van der Waals surface area contributed by atoms with Gasteiger partial charge in [0.2, 0.25) is 0 Å². The van der Waals surface area contributed by atoms with Crippen LogP contribution in [0.1, 0.15) is 44.7 Å². The fraction of sp³-hybridized carbons (Fsp3) is 0.471. The Kier molecular flexibility index (Phi) is 3.30. The van der Waals surface area contributed by atoms with Crippen LogP contribution in [0.3, 0.4) is 0 Å². The molecule has 0 aromatic heterocycles. The van der Waals surface area contributed by atoms with Crippen LogP contribution in [0.2, 0.25) is 0 Å². The summed E-state index contributed by atoms with van der Waals surface area (Å²) in [5, 5.41) is 9.44. The molecule has 0 heterocycles. The first-order valence-corrected chi connectivity index (χ1v) is 6.61. The molecule has 0 aliphatic heterocycles. The van der Waals surface area contributed by atoms with Crippen molar-refractivity contribution in [1.82, 2.24) is 0 Å². The molecule has 0 fully saturated rings. The van der Waals surface area contributed by atoms with E-state index >= 15 is 0 Å². The van der Waals surface area contributed by atoms with E-state index in [1.54, 1.807) is 0 Å². The van der Waals surface area contributed by atoms with Gasteiger partial charge in [0.1, 0.15) is 0 Å². The van der Waals surface area contributed by atoms with Gasteiger partial charge in [-0.15, -0.1) is 0 Å². The minimum Gasteiger partial charge on any atom is -0.197 e. The van der Waals surface area contributed by atoms with Crippen molar-refractivity contribution in [3.8, 4) is 6.07 Å². The van der Waals surface area contributed by atoms with Crippen LogP contribution in [0.4, 0.5) is 0 Å². The molecule has 0 unspecified atom stereocenters. The largest absolute Gasteiger partial charge is 0.197 e. The van der Waals surface area contributed by atoms with Gasteiger partial charge in [0, 0.05) is 0 Å². The normalized spacial score (nSPS) is 17.7. The van der Waals surface area contributed by atoms with Crippen molar-refractivity contribution >= 4 is 0 Å². The Morgan fingerprint density at radius 3 is 2.11 bits per heavy atom. The lowest BCUT2D eigenvalue weighted by Gasteiger charge is -2.22. The minimum absolute atomic E-state index is 0.305. The Bertz CT molecular complexity index is 472. The van der Waals surface area contributed by atoms with E-state index in [-0.39, 0.29) is 5.41 Å². The third kappa shape index (κ3) is 2.64. The van der Waals surface area contributed by atoms with Crippen molar-refractivity contribution < 1.29 is 0 Å². The number of hydrogen-bond acceptors (Lipinski definition) is 1. The number of nitriles is 1. The zero-order valence-corrected chi connectivity index (χ0v) is 11.5. The van der Waals surface area contributed by atoms with Crippen LogP contribution in [-0.4, -0.2) is 0 Å². The summed E-state index contributed by atoms with van der Waals surface area (Å²) in [4.78, 5) is 0. The monoisotopic (exact) mass is 239 g/mol. The van der Waals surface area contributed by atoms with Crippen molar-refractivity contribution in [2.75, 3.05) is 0 Å². The van der Waals surface area contributed by atoms with Crippen molar-refractivity contribution in [2.45, 2.75) is 45.4 Å². The molecule has 0 atom stereocenters. The van der Waals surface area contributed by atoms with Gasteiger partial charge in [-0.3, -0.25) is 0 Å². The first-order chi connectivity index (χ1) is 8.45. The number of nitrogens with zero attached hydrogens (tertiary/aromatic N) is 1. The molecule has 1 nitrogen and oxygen atoms in total. The zero-order valence-electron chi connectivity index (χ0n) is 11.5. The third-order valence-electron chi connectivity index (χ3n) is 3.55. The number of benzene rings is 1. The highest BCUT2D eigenvalue weighted by atomic mass is 14.4. The van der Waals surface area contributed by atoms with Crippen LogP contribution in [0.5, 0.6) is 0 Å². The van der Waals surface area contributed by atoms with E-state index in [9.17, 15) is 5.26 Å². The summed E-state index contributed by atoms with van der Waals surface area (Å²) in [5.74, 6) is 0. The SMILES string of the molecule is CC(C)(C)Cc1ccc(C2(C#N)CC=CC2)cc1. The van der Waals surface area contributed by atoms with Crippen LogP contribution < -0.4 is 0 Å². The van der Waals surface area contributed by atoms with Gasteiger partial charge in [-0.2, -0.15) is 5.26 Å². The van der Waals surface area contributed by atoms with E-state index in [0.717, 1.165) is 24.8 Å². The molecule has 94 valence electrons. The second-order valence-corrected chi connectivity index (χ2v) is 6.51. The fourth-order valence-corrected chi connectivity index (χ4v) is 2.60. The van der Waals surface area contributed by atoms with E-state index in [0.29, 0.717) is 5.41 Å². The van der Waals surface area contributed by atoms with Crippen molar-refractivity contribution in [3.63, 3.8) is 0 Å². The molecule has 0 N–H and O–H groups in total. The van der Waals surface area contributed by atoms with E-state index < -0.39 is 0 Å². The van der Waals surface area contributed by atoms with Crippen LogP contribution >= 0.6 is 0 Å². The molecule has 0 saturated carbocycles. The zero-order chi connectivity index (χ0) is 13.2. The number of allylic oxidation sites excluding steroid dienone is 2. The molecule has 0 radical (unpaired) electrons. The van der Waals surface area contributed by atoms with E-state index in [1.807, 2.05) is 0 Å². The van der Waals surface area contributed by atoms with Crippen molar-refractivity contribution in [2.24, 2.45) is 5.41 Å². The quantitative estimate of drug-likeness (QED) is 0.702. The lowest BCUT2D eigenvalue weighted by Crippen LogP contribution is -2.19. The third-order valence-corrected chi connectivity index (χ3v) is 3.55. The summed E-state index contributed by atoms with van der Waals surface area (Å²) in [6.45, 7) is 6.75. The lowest BCUT2D eigenvalue weighted by molar-refractivity contribution is 0.411. The van der Waals surface area contributed by atoms with Crippen molar-refractivity contribution in [3.05, 3.63) is 47.5 Å². The summed E-state index contributed by atoms with van der Waals surface area (Å²) in [6, 6.07) is 11.1. The van der Waals surface area contributed by atoms with E-state index in [4.69, 9.17) is 0 Å². The maximum absolute atomic E-state index is 9.44. The number of rotatable bonds is 2. The first kappa shape index (κ1) is 12.9. The van der Waals surface area contributed by atoms with Gasteiger partial charge in [-0.1, -0.05) is 57.2 Å². The van der Waals surface area contributed by atoms with E-state index in [1.165, 1.54) is 5.56 Å². The topological polar surface area (TPSA) is 23.8 Å². The van der Waals surface area contributed by atoms with E-state index in [2.05, 4.69) is 63.3 Å². The summed E-state index contributed by atoms with van der Waals surface area (Å²) >= 11 is 0. The molecule has 0 bridgehead atoms.